The summed E-state index contributed by atoms with van der Waals surface area (Å²) in [5.41, 5.74) is 0.787. The molecule has 1 aromatic rings. The largest absolute Gasteiger partial charge is 0.481 e. The van der Waals surface area contributed by atoms with Gasteiger partial charge in [0.2, 0.25) is 0 Å². The number of carboxylic acid groups (broad SMARTS) is 1. The van der Waals surface area contributed by atoms with Crippen LogP contribution in [0.3, 0.4) is 0 Å². The van der Waals surface area contributed by atoms with E-state index in [1.807, 2.05) is 0 Å². The first kappa shape index (κ1) is 12.8. The standard InChI is InChI=1S/C15H15NO4/c17-14(18)8-12-9-5-6-10(7-9)15(12)11-3-1-2-4-13(11)16(19)20/h1-6,9-10,12,15H,7-8H2,(H,17,18). The molecule has 5 heteroatoms. The summed E-state index contributed by atoms with van der Waals surface area (Å²) in [4.78, 5) is 21.9. The molecule has 20 heavy (non-hydrogen) atoms. The zero-order chi connectivity index (χ0) is 14.3. The van der Waals surface area contributed by atoms with Crippen molar-refractivity contribution in [3.8, 4) is 0 Å². The maximum absolute atomic E-state index is 11.2. The van der Waals surface area contributed by atoms with Crippen molar-refractivity contribution in [1.82, 2.24) is 0 Å². The lowest BCUT2D eigenvalue weighted by Gasteiger charge is -2.27. The smallest absolute Gasteiger partial charge is 0.303 e. The number of rotatable bonds is 4. The normalized spacial score (nSPS) is 30.6. The Bertz CT molecular complexity index is 595. The number of benzene rings is 1. The zero-order valence-electron chi connectivity index (χ0n) is 10.8. The highest BCUT2D eigenvalue weighted by Gasteiger charge is 2.47. The molecule has 4 unspecified atom stereocenters. The number of hydrogen-bond acceptors (Lipinski definition) is 3. The summed E-state index contributed by atoms with van der Waals surface area (Å²) in [5, 5.41) is 20.3. The van der Waals surface area contributed by atoms with E-state index in [0.29, 0.717) is 5.56 Å². The molecule has 2 aliphatic carbocycles. The van der Waals surface area contributed by atoms with Crippen molar-refractivity contribution < 1.29 is 14.8 Å². The van der Waals surface area contributed by atoms with E-state index < -0.39 is 5.97 Å². The first-order valence-corrected chi connectivity index (χ1v) is 6.71. The summed E-state index contributed by atoms with van der Waals surface area (Å²) in [6, 6.07) is 6.71. The highest BCUT2D eigenvalue weighted by atomic mass is 16.6. The van der Waals surface area contributed by atoms with Gasteiger partial charge in [0, 0.05) is 24.0 Å². The van der Waals surface area contributed by atoms with Crippen molar-refractivity contribution in [3.05, 3.63) is 52.1 Å². The van der Waals surface area contributed by atoms with Gasteiger partial charge in [0.25, 0.3) is 5.69 Å². The fourth-order valence-corrected chi connectivity index (χ4v) is 3.80. The Morgan fingerprint density at radius 2 is 2.00 bits per heavy atom. The second-order valence-corrected chi connectivity index (χ2v) is 5.55. The number of nitrogens with zero attached hydrogens (tertiary/aromatic N) is 1. The van der Waals surface area contributed by atoms with Crippen molar-refractivity contribution in [3.63, 3.8) is 0 Å². The zero-order valence-corrected chi connectivity index (χ0v) is 10.8. The molecule has 0 heterocycles. The van der Waals surface area contributed by atoms with Crippen molar-refractivity contribution in [2.24, 2.45) is 17.8 Å². The van der Waals surface area contributed by atoms with Gasteiger partial charge in [-0.2, -0.15) is 0 Å². The molecule has 3 rings (SSSR count). The van der Waals surface area contributed by atoms with E-state index >= 15 is 0 Å². The first-order chi connectivity index (χ1) is 9.58. The lowest BCUT2D eigenvalue weighted by atomic mass is 9.76. The van der Waals surface area contributed by atoms with Crippen LogP contribution in [-0.2, 0) is 4.79 Å². The number of fused-ring (bicyclic) bond motifs is 2. The molecule has 1 aromatic carbocycles. The van der Waals surface area contributed by atoms with Crippen LogP contribution < -0.4 is 0 Å². The van der Waals surface area contributed by atoms with E-state index in [0.717, 1.165) is 6.42 Å². The summed E-state index contributed by atoms with van der Waals surface area (Å²) < 4.78 is 0. The maximum atomic E-state index is 11.2. The Morgan fingerprint density at radius 3 is 2.70 bits per heavy atom. The highest BCUT2D eigenvalue weighted by Crippen LogP contribution is 2.55. The van der Waals surface area contributed by atoms with E-state index in [4.69, 9.17) is 5.11 Å². The lowest BCUT2D eigenvalue weighted by Crippen LogP contribution is -2.21. The van der Waals surface area contributed by atoms with Gasteiger partial charge in [-0.1, -0.05) is 30.4 Å². The van der Waals surface area contributed by atoms with Gasteiger partial charge < -0.3 is 5.11 Å². The number of hydrogen-bond donors (Lipinski definition) is 1. The van der Waals surface area contributed by atoms with Crippen molar-refractivity contribution in [1.29, 1.82) is 0 Å². The third kappa shape index (κ3) is 1.99. The molecule has 2 bridgehead atoms. The van der Waals surface area contributed by atoms with Crippen LogP contribution in [0.2, 0.25) is 0 Å². The molecule has 0 aromatic heterocycles. The second-order valence-electron chi connectivity index (χ2n) is 5.55. The van der Waals surface area contributed by atoms with E-state index in [9.17, 15) is 14.9 Å². The van der Waals surface area contributed by atoms with E-state index in [-0.39, 0.29) is 40.7 Å². The van der Waals surface area contributed by atoms with Crippen LogP contribution in [0.25, 0.3) is 0 Å². The third-order valence-corrected chi connectivity index (χ3v) is 4.53. The molecular formula is C15H15NO4. The second kappa shape index (κ2) is 4.74. The SMILES string of the molecule is O=C(O)CC1C2C=CC(C2)C1c1ccccc1[N+](=O)[O-]. The molecule has 0 aliphatic heterocycles. The van der Waals surface area contributed by atoms with Crippen LogP contribution in [0, 0.1) is 27.9 Å². The van der Waals surface area contributed by atoms with Gasteiger partial charge in [-0.3, -0.25) is 14.9 Å². The van der Waals surface area contributed by atoms with Crippen LogP contribution in [-0.4, -0.2) is 16.0 Å². The number of allylic oxidation sites excluding steroid dienone is 2. The molecule has 1 fully saturated rings. The lowest BCUT2D eigenvalue weighted by molar-refractivity contribution is -0.385. The molecule has 0 spiro atoms. The Kier molecular flexibility index (Phi) is 3.04. The number of carboxylic acids is 1. The Morgan fingerprint density at radius 1 is 1.30 bits per heavy atom. The summed E-state index contributed by atoms with van der Waals surface area (Å²) in [6.45, 7) is 0. The summed E-state index contributed by atoms with van der Waals surface area (Å²) in [5.74, 6) is -0.461. The van der Waals surface area contributed by atoms with Crippen LogP contribution in [0.4, 0.5) is 5.69 Å². The first-order valence-electron chi connectivity index (χ1n) is 6.71. The monoisotopic (exact) mass is 273 g/mol. The van der Waals surface area contributed by atoms with E-state index in [1.165, 1.54) is 6.07 Å². The van der Waals surface area contributed by atoms with Gasteiger partial charge in [-0.15, -0.1) is 0 Å². The third-order valence-electron chi connectivity index (χ3n) is 4.53. The van der Waals surface area contributed by atoms with Gasteiger partial charge in [0.1, 0.15) is 0 Å². The van der Waals surface area contributed by atoms with Gasteiger partial charge in [0.05, 0.1) is 4.92 Å². The molecule has 1 N–H and O–H groups in total. The topological polar surface area (TPSA) is 80.4 Å². The Hall–Kier alpha value is -2.17. The Balaban J connectivity index is 2.02. The minimum absolute atomic E-state index is 0.0383. The van der Waals surface area contributed by atoms with Crippen LogP contribution >= 0.6 is 0 Å². The average Bonchev–Trinajstić information content (AvgIpc) is 2.99. The van der Waals surface area contributed by atoms with Gasteiger partial charge in [-0.25, -0.2) is 0 Å². The molecule has 0 radical (unpaired) electrons. The van der Waals surface area contributed by atoms with Crippen molar-refractivity contribution in [2.75, 3.05) is 0 Å². The summed E-state index contributed by atoms with van der Waals surface area (Å²) >= 11 is 0. The molecule has 5 nitrogen and oxygen atoms in total. The molecule has 0 amide bonds. The maximum Gasteiger partial charge on any atom is 0.303 e. The van der Waals surface area contributed by atoms with Gasteiger partial charge >= 0.3 is 5.97 Å². The number of aliphatic carboxylic acids is 1. The molecule has 0 saturated heterocycles. The van der Waals surface area contributed by atoms with E-state index in [1.54, 1.807) is 18.2 Å². The summed E-state index contributed by atoms with van der Waals surface area (Å²) in [7, 11) is 0. The fourth-order valence-electron chi connectivity index (χ4n) is 3.80. The minimum atomic E-state index is -0.834. The predicted molar refractivity (Wildman–Crippen MR) is 72.3 cm³/mol. The highest BCUT2D eigenvalue weighted by molar-refractivity contribution is 5.67. The van der Waals surface area contributed by atoms with E-state index in [2.05, 4.69) is 12.2 Å². The van der Waals surface area contributed by atoms with Crippen molar-refractivity contribution >= 4 is 11.7 Å². The molecule has 4 atom stereocenters. The number of para-hydroxylation sites is 1. The predicted octanol–water partition coefficient (Wildman–Crippen LogP) is 2.98. The number of nitro benzene ring substituents is 1. The average molecular weight is 273 g/mol. The number of carbonyl (C=O) groups is 1. The molecule has 2 aliphatic rings. The quantitative estimate of drug-likeness (QED) is 0.519. The van der Waals surface area contributed by atoms with Crippen molar-refractivity contribution in [2.45, 2.75) is 18.8 Å². The van der Waals surface area contributed by atoms with Crippen LogP contribution in [0.15, 0.2) is 36.4 Å². The molecule has 104 valence electrons. The van der Waals surface area contributed by atoms with Gasteiger partial charge in [0.15, 0.2) is 0 Å². The van der Waals surface area contributed by atoms with Crippen LogP contribution in [0.5, 0.6) is 0 Å². The van der Waals surface area contributed by atoms with Crippen LogP contribution in [0.1, 0.15) is 24.3 Å². The Labute approximate surface area is 116 Å². The van der Waals surface area contributed by atoms with Gasteiger partial charge in [-0.05, 0) is 24.2 Å². The minimum Gasteiger partial charge on any atom is -0.481 e. The fraction of sp³-hybridized carbons (Fsp3) is 0.400. The number of nitro groups is 1. The summed E-state index contributed by atoms with van der Waals surface area (Å²) in [6.07, 6.45) is 5.14. The molecular weight excluding hydrogens is 258 g/mol. The molecule has 1 saturated carbocycles.